The average molecular weight is 206 g/mol. The van der Waals surface area contributed by atoms with Crippen molar-refractivity contribution in [1.29, 1.82) is 0 Å². The smallest absolute Gasteiger partial charge is 0.375 e. The largest absolute Gasteiger partial charge is 0.460 e. The number of benzene rings is 1. The van der Waals surface area contributed by atoms with Gasteiger partial charge in [-0.15, -0.1) is 0 Å². The topological polar surface area (TPSA) is 43.4 Å². The molecule has 1 unspecified atom stereocenters. The number of rotatable bonds is 4. The van der Waals surface area contributed by atoms with Gasteiger partial charge in [-0.3, -0.25) is 4.79 Å². The van der Waals surface area contributed by atoms with E-state index >= 15 is 0 Å². The first-order valence-electron chi connectivity index (χ1n) is 4.92. The van der Waals surface area contributed by atoms with E-state index in [0.717, 1.165) is 5.56 Å². The Balaban J connectivity index is 2.73. The van der Waals surface area contributed by atoms with Crippen LogP contribution in [0, 0.1) is 0 Å². The van der Waals surface area contributed by atoms with Gasteiger partial charge in [0, 0.05) is 0 Å². The van der Waals surface area contributed by atoms with Crippen LogP contribution < -0.4 is 0 Å². The number of carbonyl (C=O) groups excluding carboxylic acids is 2. The van der Waals surface area contributed by atoms with E-state index in [-0.39, 0.29) is 6.61 Å². The van der Waals surface area contributed by atoms with Crippen LogP contribution in [0.2, 0.25) is 0 Å². The minimum atomic E-state index is -0.756. The number of Topliss-reactive ketones (excluding diaryl/α,β-unsaturated/α-hetero) is 1. The van der Waals surface area contributed by atoms with Crippen LogP contribution in [0.4, 0.5) is 0 Å². The summed E-state index contributed by atoms with van der Waals surface area (Å²) in [5.74, 6) is -1.69. The van der Waals surface area contributed by atoms with Crippen LogP contribution >= 0.6 is 0 Å². The van der Waals surface area contributed by atoms with Crippen LogP contribution in [0.25, 0.3) is 0 Å². The molecule has 0 aliphatic carbocycles. The quantitative estimate of drug-likeness (QED) is 0.558. The van der Waals surface area contributed by atoms with Gasteiger partial charge >= 0.3 is 5.97 Å². The van der Waals surface area contributed by atoms with E-state index in [1.54, 1.807) is 13.8 Å². The molecule has 0 saturated heterocycles. The molecule has 0 aliphatic heterocycles. The van der Waals surface area contributed by atoms with E-state index in [1.807, 2.05) is 30.3 Å². The molecule has 0 aromatic heterocycles. The van der Waals surface area contributed by atoms with Gasteiger partial charge in [-0.2, -0.15) is 0 Å². The van der Waals surface area contributed by atoms with Crippen LogP contribution in [0.3, 0.4) is 0 Å². The molecule has 0 radical (unpaired) electrons. The Labute approximate surface area is 89.1 Å². The molecule has 15 heavy (non-hydrogen) atoms. The van der Waals surface area contributed by atoms with Crippen molar-refractivity contribution in [3.05, 3.63) is 35.9 Å². The summed E-state index contributed by atoms with van der Waals surface area (Å²) in [6.45, 7) is 3.61. The summed E-state index contributed by atoms with van der Waals surface area (Å²) < 4.78 is 4.66. The lowest BCUT2D eigenvalue weighted by Crippen LogP contribution is -2.22. The predicted octanol–water partition coefficient (Wildman–Crippen LogP) is 1.92. The molecule has 0 spiro atoms. The van der Waals surface area contributed by atoms with E-state index in [9.17, 15) is 9.59 Å². The SMILES string of the molecule is CCOC(=O)C(=O)C(C)c1ccccc1. The summed E-state index contributed by atoms with van der Waals surface area (Å²) in [5.41, 5.74) is 0.829. The second-order valence-electron chi connectivity index (χ2n) is 3.22. The minimum absolute atomic E-state index is 0.228. The van der Waals surface area contributed by atoms with Crippen molar-refractivity contribution in [3.8, 4) is 0 Å². The van der Waals surface area contributed by atoms with Crippen molar-refractivity contribution in [1.82, 2.24) is 0 Å². The molecule has 3 heteroatoms. The number of ketones is 1. The molecule has 1 atom stereocenters. The zero-order valence-corrected chi connectivity index (χ0v) is 8.90. The van der Waals surface area contributed by atoms with Crippen molar-refractivity contribution in [2.24, 2.45) is 0 Å². The molecule has 3 nitrogen and oxygen atoms in total. The van der Waals surface area contributed by atoms with Crippen LogP contribution in [0.15, 0.2) is 30.3 Å². The van der Waals surface area contributed by atoms with Gasteiger partial charge in [0.2, 0.25) is 5.78 Å². The molecule has 1 rings (SSSR count). The Bertz CT molecular complexity index is 343. The summed E-state index contributed by atoms with van der Waals surface area (Å²) in [6.07, 6.45) is 0. The third-order valence-corrected chi connectivity index (χ3v) is 2.17. The third kappa shape index (κ3) is 2.91. The molecule has 1 aromatic carbocycles. The fourth-order valence-electron chi connectivity index (χ4n) is 1.27. The summed E-state index contributed by atoms with van der Waals surface area (Å²) in [6, 6.07) is 9.18. The van der Waals surface area contributed by atoms with E-state index in [4.69, 9.17) is 0 Å². The molecular formula is C12H14O3. The highest BCUT2D eigenvalue weighted by atomic mass is 16.5. The van der Waals surface area contributed by atoms with Crippen molar-refractivity contribution in [2.45, 2.75) is 19.8 Å². The van der Waals surface area contributed by atoms with Crippen LogP contribution in [0.1, 0.15) is 25.3 Å². The molecule has 0 aliphatic rings. The molecule has 0 fully saturated rings. The lowest BCUT2D eigenvalue weighted by atomic mass is 9.97. The predicted molar refractivity (Wildman–Crippen MR) is 56.5 cm³/mol. The highest BCUT2D eigenvalue weighted by Gasteiger charge is 2.23. The number of hydrogen-bond donors (Lipinski definition) is 0. The molecule has 0 saturated carbocycles. The Kier molecular flexibility index (Phi) is 4.03. The van der Waals surface area contributed by atoms with Crippen molar-refractivity contribution >= 4 is 11.8 Å². The Morgan fingerprint density at radius 1 is 1.27 bits per heavy atom. The summed E-state index contributed by atoms with van der Waals surface area (Å²) in [5, 5.41) is 0. The first-order chi connectivity index (χ1) is 7.16. The highest BCUT2D eigenvalue weighted by molar-refractivity contribution is 6.35. The van der Waals surface area contributed by atoms with Crippen molar-refractivity contribution in [2.75, 3.05) is 6.61 Å². The van der Waals surface area contributed by atoms with Gasteiger partial charge in [0.25, 0.3) is 0 Å². The van der Waals surface area contributed by atoms with Gasteiger partial charge in [0.15, 0.2) is 0 Å². The zero-order chi connectivity index (χ0) is 11.3. The lowest BCUT2D eigenvalue weighted by molar-refractivity contribution is -0.154. The summed E-state index contributed by atoms with van der Waals surface area (Å²) in [4.78, 5) is 22.7. The fourth-order valence-corrected chi connectivity index (χ4v) is 1.27. The Morgan fingerprint density at radius 2 is 1.87 bits per heavy atom. The Morgan fingerprint density at radius 3 is 2.40 bits per heavy atom. The number of carbonyl (C=O) groups is 2. The third-order valence-electron chi connectivity index (χ3n) is 2.17. The normalized spacial score (nSPS) is 11.9. The van der Waals surface area contributed by atoms with E-state index in [1.165, 1.54) is 0 Å². The Hall–Kier alpha value is -1.64. The van der Waals surface area contributed by atoms with Gasteiger partial charge in [0.1, 0.15) is 0 Å². The number of ether oxygens (including phenoxy) is 1. The average Bonchev–Trinajstić information content (AvgIpc) is 2.28. The van der Waals surface area contributed by atoms with Gasteiger partial charge < -0.3 is 4.74 Å². The van der Waals surface area contributed by atoms with Crippen LogP contribution in [-0.4, -0.2) is 18.4 Å². The molecular weight excluding hydrogens is 192 g/mol. The maximum absolute atomic E-state index is 11.6. The fraction of sp³-hybridized carbons (Fsp3) is 0.333. The van der Waals surface area contributed by atoms with E-state index < -0.39 is 17.7 Å². The van der Waals surface area contributed by atoms with Gasteiger partial charge in [-0.25, -0.2) is 4.79 Å². The molecule has 0 amide bonds. The zero-order valence-electron chi connectivity index (χ0n) is 8.90. The lowest BCUT2D eigenvalue weighted by Gasteiger charge is -2.09. The first kappa shape index (κ1) is 11.4. The molecule has 1 aromatic rings. The molecule has 0 N–H and O–H groups in total. The van der Waals surface area contributed by atoms with Crippen molar-refractivity contribution in [3.63, 3.8) is 0 Å². The molecule has 0 heterocycles. The highest BCUT2D eigenvalue weighted by Crippen LogP contribution is 2.15. The second-order valence-corrected chi connectivity index (χ2v) is 3.22. The molecule has 80 valence electrons. The standard InChI is InChI=1S/C12H14O3/c1-3-15-12(14)11(13)9(2)10-7-5-4-6-8-10/h4-9H,3H2,1-2H3. The minimum Gasteiger partial charge on any atom is -0.460 e. The van der Waals surface area contributed by atoms with Gasteiger partial charge in [-0.05, 0) is 12.5 Å². The van der Waals surface area contributed by atoms with Crippen LogP contribution in [-0.2, 0) is 14.3 Å². The maximum Gasteiger partial charge on any atom is 0.375 e. The monoisotopic (exact) mass is 206 g/mol. The van der Waals surface area contributed by atoms with E-state index in [2.05, 4.69) is 4.74 Å². The molecule has 0 bridgehead atoms. The van der Waals surface area contributed by atoms with E-state index in [0.29, 0.717) is 0 Å². The van der Waals surface area contributed by atoms with Gasteiger partial charge in [-0.1, -0.05) is 37.3 Å². The number of hydrogen-bond acceptors (Lipinski definition) is 3. The van der Waals surface area contributed by atoms with Crippen molar-refractivity contribution < 1.29 is 14.3 Å². The second kappa shape index (κ2) is 5.29. The number of esters is 1. The first-order valence-corrected chi connectivity index (χ1v) is 4.92. The van der Waals surface area contributed by atoms with Gasteiger partial charge in [0.05, 0.1) is 12.5 Å². The summed E-state index contributed by atoms with van der Waals surface area (Å²) >= 11 is 0. The summed E-state index contributed by atoms with van der Waals surface area (Å²) in [7, 11) is 0. The van der Waals surface area contributed by atoms with Crippen LogP contribution in [0.5, 0.6) is 0 Å². The maximum atomic E-state index is 11.6.